The second kappa shape index (κ2) is 5.03. The van der Waals surface area contributed by atoms with Gasteiger partial charge in [-0.3, -0.25) is 4.90 Å². The Labute approximate surface area is 113 Å². The van der Waals surface area contributed by atoms with E-state index in [4.69, 9.17) is 17.3 Å². The van der Waals surface area contributed by atoms with Crippen molar-refractivity contribution in [2.45, 2.75) is 25.4 Å². The minimum atomic E-state index is 0.470. The van der Waals surface area contributed by atoms with Gasteiger partial charge >= 0.3 is 0 Å². The van der Waals surface area contributed by atoms with Gasteiger partial charge in [0.2, 0.25) is 0 Å². The van der Waals surface area contributed by atoms with Gasteiger partial charge in [-0.15, -0.1) is 0 Å². The number of rotatable bonds is 2. The van der Waals surface area contributed by atoms with E-state index in [9.17, 15) is 0 Å². The number of aromatic nitrogens is 1. The Morgan fingerprint density at radius 1 is 1.39 bits per heavy atom. The maximum Gasteiger partial charge on any atom is 0.147 e. The van der Waals surface area contributed by atoms with Crippen LogP contribution in [0.3, 0.4) is 0 Å². The molecule has 2 saturated heterocycles. The highest BCUT2D eigenvalue weighted by Crippen LogP contribution is 2.30. The summed E-state index contributed by atoms with van der Waals surface area (Å²) in [4.78, 5) is 9.34. The molecule has 1 unspecified atom stereocenters. The quantitative estimate of drug-likeness (QED) is 0.881. The highest BCUT2D eigenvalue weighted by molar-refractivity contribution is 6.33. The van der Waals surface area contributed by atoms with Crippen LogP contribution in [0.4, 0.5) is 5.82 Å². The molecule has 1 aromatic heterocycles. The molecule has 0 amide bonds. The van der Waals surface area contributed by atoms with Crippen molar-refractivity contribution in [3.63, 3.8) is 0 Å². The fourth-order valence-corrected chi connectivity index (χ4v) is 3.34. The Bertz CT molecular complexity index is 437. The van der Waals surface area contributed by atoms with E-state index in [0.29, 0.717) is 12.6 Å². The average molecular weight is 267 g/mol. The number of pyridine rings is 1. The van der Waals surface area contributed by atoms with Crippen molar-refractivity contribution >= 4 is 17.4 Å². The minimum Gasteiger partial charge on any atom is -0.353 e. The predicted molar refractivity (Wildman–Crippen MR) is 73.9 cm³/mol. The Kier molecular flexibility index (Phi) is 3.41. The zero-order valence-corrected chi connectivity index (χ0v) is 11.2. The molecule has 1 aromatic rings. The summed E-state index contributed by atoms with van der Waals surface area (Å²) < 4.78 is 0. The lowest BCUT2D eigenvalue weighted by Gasteiger charge is -2.38. The fourth-order valence-electron chi connectivity index (χ4n) is 3.03. The molecular weight excluding hydrogens is 248 g/mol. The number of nitrogens with zero attached hydrogens (tertiary/aromatic N) is 3. The van der Waals surface area contributed by atoms with Gasteiger partial charge in [-0.05, 0) is 31.0 Å². The van der Waals surface area contributed by atoms with Crippen LogP contribution in [-0.2, 0) is 6.54 Å². The first-order valence-electron chi connectivity index (χ1n) is 6.62. The van der Waals surface area contributed by atoms with Crippen LogP contribution in [0, 0.1) is 0 Å². The second-order valence-corrected chi connectivity index (χ2v) is 5.47. The largest absolute Gasteiger partial charge is 0.353 e. The summed E-state index contributed by atoms with van der Waals surface area (Å²) in [5.74, 6) is 0.908. The Hall–Kier alpha value is -0.840. The maximum absolute atomic E-state index is 6.39. The third-order valence-corrected chi connectivity index (χ3v) is 4.47. The summed E-state index contributed by atoms with van der Waals surface area (Å²) in [7, 11) is 0. The van der Waals surface area contributed by atoms with Gasteiger partial charge in [0, 0.05) is 38.4 Å². The molecule has 3 heterocycles. The lowest BCUT2D eigenvalue weighted by molar-refractivity contribution is 0.230. The monoisotopic (exact) mass is 266 g/mol. The van der Waals surface area contributed by atoms with Crippen LogP contribution in [0.2, 0.25) is 5.02 Å². The zero-order chi connectivity index (χ0) is 12.5. The van der Waals surface area contributed by atoms with E-state index >= 15 is 0 Å². The fraction of sp³-hybridized carbons (Fsp3) is 0.615. The Balaban J connectivity index is 1.82. The highest BCUT2D eigenvalue weighted by atomic mass is 35.5. The van der Waals surface area contributed by atoms with Crippen molar-refractivity contribution in [1.29, 1.82) is 0 Å². The van der Waals surface area contributed by atoms with Crippen LogP contribution >= 0.6 is 11.6 Å². The summed E-state index contributed by atoms with van der Waals surface area (Å²) in [6.45, 7) is 4.90. The van der Waals surface area contributed by atoms with E-state index in [-0.39, 0.29) is 0 Å². The molecule has 2 aliphatic rings. The molecule has 1 atom stereocenters. The van der Waals surface area contributed by atoms with Crippen molar-refractivity contribution < 1.29 is 0 Å². The molecule has 0 aliphatic carbocycles. The van der Waals surface area contributed by atoms with Gasteiger partial charge in [-0.25, -0.2) is 4.98 Å². The van der Waals surface area contributed by atoms with Crippen molar-refractivity contribution in [2.24, 2.45) is 5.73 Å². The van der Waals surface area contributed by atoms with Crippen molar-refractivity contribution in [2.75, 3.05) is 31.1 Å². The molecule has 4 nitrogen and oxygen atoms in total. The van der Waals surface area contributed by atoms with Gasteiger partial charge in [-0.2, -0.15) is 0 Å². The number of anilines is 1. The molecule has 98 valence electrons. The minimum absolute atomic E-state index is 0.470. The Morgan fingerprint density at radius 3 is 3.11 bits per heavy atom. The third-order valence-electron chi connectivity index (χ3n) is 4.06. The van der Waals surface area contributed by atoms with Crippen molar-refractivity contribution in [1.82, 2.24) is 9.88 Å². The average Bonchev–Trinajstić information content (AvgIpc) is 2.86. The molecule has 2 fully saturated rings. The van der Waals surface area contributed by atoms with Gasteiger partial charge < -0.3 is 10.6 Å². The molecule has 0 saturated carbocycles. The standard InChI is InChI=1S/C13H19ClN4/c14-12-10(8-15)3-4-16-13(12)18-7-6-17-5-1-2-11(17)9-18/h3-4,11H,1-2,5-9,15H2. The summed E-state index contributed by atoms with van der Waals surface area (Å²) in [5, 5.41) is 0.728. The van der Waals surface area contributed by atoms with E-state index in [1.807, 2.05) is 12.3 Å². The molecule has 0 radical (unpaired) electrons. The first-order valence-corrected chi connectivity index (χ1v) is 7.00. The van der Waals surface area contributed by atoms with Crippen LogP contribution in [0.5, 0.6) is 0 Å². The van der Waals surface area contributed by atoms with E-state index in [1.54, 1.807) is 0 Å². The molecule has 18 heavy (non-hydrogen) atoms. The zero-order valence-electron chi connectivity index (χ0n) is 10.5. The van der Waals surface area contributed by atoms with E-state index < -0.39 is 0 Å². The first-order chi connectivity index (χ1) is 8.79. The maximum atomic E-state index is 6.39. The number of fused-ring (bicyclic) bond motifs is 1. The molecule has 5 heteroatoms. The lowest BCUT2D eigenvalue weighted by Crippen LogP contribution is -2.50. The van der Waals surface area contributed by atoms with Gasteiger partial charge in [0.1, 0.15) is 5.82 Å². The summed E-state index contributed by atoms with van der Waals surface area (Å²) in [6, 6.07) is 2.58. The number of halogens is 1. The first kappa shape index (κ1) is 12.2. The third kappa shape index (κ3) is 2.09. The molecule has 3 rings (SSSR count). The van der Waals surface area contributed by atoms with Crippen LogP contribution in [0.25, 0.3) is 0 Å². The SMILES string of the molecule is NCc1ccnc(N2CCN3CCCC3C2)c1Cl. The predicted octanol–water partition coefficient (Wildman–Crippen LogP) is 1.48. The number of hydrogen-bond donors (Lipinski definition) is 1. The normalized spacial score (nSPS) is 24.3. The number of nitrogens with two attached hydrogens (primary N) is 1. The van der Waals surface area contributed by atoms with E-state index in [0.717, 1.165) is 36.0 Å². The molecule has 2 aliphatic heterocycles. The van der Waals surface area contributed by atoms with Crippen LogP contribution in [0.1, 0.15) is 18.4 Å². The molecule has 0 aromatic carbocycles. The lowest BCUT2D eigenvalue weighted by atomic mass is 10.1. The van der Waals surface area contributed by atoms with Gasteiger partial charge in [0.05, 0.1) is 5.02 Å². The topological polar surface area (TPSA) is 45.4 Å². The van der Waals surface area contributed by atoms with E-state index in [1.165, 1.54) is 19.4 Å². The van der Waals surface area contributed by atoms with Crippen LogP contribution in [-0.4, -0.2) is 42.1 Å². The van der Waals surface area contributed by atoms with Crippen molar-refractivity contribution in [3.05, 3.63) is 22.8 Å². The molecule has 0 bridgehead atoms. The van der Waals surface area contributed by atoms with Gasteiger partial charge in [0.25, 0.3) is 0 Å². The molecule has 0 spiro atoms. The van der Waals surface area contributed by atoms with Crippen LogP contribution in [0.15, 0.2) is 12.3 Å². The highest BCUT2D eigenvalue weighted by Gasteiger charge is 2.31. The smallest absolute Gasteiger partial charge is 0.147 e. The number of piperazine rings is 1. The second-order valence-electron chi connectivity index (χ2n) is 5.09. The Morgan fingerprint density at radius 2 is 2.28 bits per heavy atom. The summed E-state index contributed by atoms with van der Waals surface area (Å²) in [6.07, 6.45) is 4.43. The molecule has 2 N–H and O–H groups in total. The van der Waals surface area contributed by atoms with Gasteiger partial charge in [0.15, 0.2) is 0 Å². The van der Waals surface area contributed by atoms with Crippen molar-refractivity contribution in [3.8, 4) is 0 Å². The molecular formula is C13H19ClN4. The number of hydrogen-bond acceptors (Lipinski definition) is 4. The van der Waals surface area contributed by atoms with Gasteiger partial charge in [-0.1, -0.05) is 11.6 Å². The van der Waals surface area contributed by atoms with Crippen LogP contribution < -0.4 is 10.6 Å². The van der Waals surface area contributed by atoms with E-state index in [2.05, 4.69) is 14.8 Å². The summed E-state index contributed by atoms with van der Waals surface area (Å²) >= 11 is 6.39. The summed E-state index contributed by atoms with van der Waals surface area (Å²) in [5.41, 5.74) is 6.68.